The first-order valence-electron chi connectivity index (χ1n) is 10.4. The highest BCUT2D eigenvalue weighted by atomic mass is 35.5. The highest BCUT2D eigenvalue weighted by molar-refractivity contribution is 8.12. The second kappa shape index (κ2) is 6.99. The van der Waals surface area contributed by atoms with E-state index in [4.69, 9.17) is 11.6 Å². The molecule has 5 nitrogen and oxygen atoms in total. The summed E-state index contributed by atoms with van der Waals surface area (Å²) in [5.74, 6) is 6.00. The smallest absolute Gasteiger partial charge is 0.320 e. The average Bonchev–Trinajstić information content (AvgIpc) is 3.03. The number of nitrogens with zero attached hydrogens (tertiary/aromatic N) is 3. The van der Waals surface area contributed by atoms with Crippen LogP contribution in [0, 0.1) is 11.3 Å². The Labute approximate surface area is 174 Å². The fourth-order valence-corrected chi connectivity index (χ4v) is 7.20. The number of carbonyl (C=O) groups excluding carboxylic acids is 1. The van der Waals surface area contributed by atoms with Crippen LogP contribution in [0.5, 0.6) is 0 Å². The Hall–Kier alpha value is -1.11. The van der Waals surface area contributed by atoms with Crippen LogP contribution in [-0.2, 0) is 6.42 Å². The molecule has 0 bridgehead atoms. The predicted molar refractivity (Wildman–Crippen MR) is 116 cm³/mol. The predicted octanol–water partition coefficient (Wildman–Crippen LogP) is 3.55. The first-order chi connectivity index (χ1) is 13.4. The van der Waals surface area contributed by atoms with Gasteiger partial charge < -0.3 is 9.80 Å². The maximum Gasteiger partial charge on any atom is 0.320 e. The molecule has 1 saturated carbocycles. The van der Waals surface area contributed by atoms with E-state index in [0.29, 0.717) is 16.4 Å². The lowest BCUT2D eigenvalue weighted by molar-refractivity contribution is -0.0332. The molecule has 4 fully saturated rings. The van der Waals surface area contributed by atoms with E-state index in [0.717, 1.165) is 50.5 Å². The number of carbonyl (C=O) groups is 1. The SMILES string of the molecule is C=S1CCC2(CN(C(=O)N3CC4(CCC(Cc5ccc(Cl)cn5)CC4)C3)C2)N1. The van der Waals surface area contributed by atoms with Crippen LogP contribution in [-0.4, -0.2) is 64.2 Å². The quantitative estimate of drug-likeness (QED) is 0.744. The summed E-state index contributed by atoms with van der Waals surface area (Å²) in [6.07, 6.45) is 8.93. The first-order valence-corrected chi connectivity index (χ1v) is 12.3. The van der Waals surface area contributed by atoms with Crippen molar-refractivity contribution in [3.8, 4) is 0 Å². The molecule has 3 saturated heterocycles. The Morgan fingerprint density at radius 3 is 2.54 bits per heavy atom. The third kappa shape index (κ3) is 3.48. The van der Waals surface area contributed by atoms with Crippen molar-refractivity contribution in [2.24, 2.45) is 11.3 Å². The number of hydrogen-bond acceptors (Lipinski definition) is 3. The molecule has 0 aromatic carbocycles. The minimum absolute atomic E-state index is 0.0912. The number of likely N-dealkylation sites (tertiary alicyclic amines) is 2. The minimum atomic E-state index is 0.0912. The molecule has 4 aliphatic rings. The minimum Gasteiger partial charge on any atom is -0.323 e. The van der Waals surface area contributed by atoms with Crippen LogP contribution in [0.3, 0.4) is 0 Å². The van der Waals surface area contributed by atoms with Crippen molar-refractivity contribution >= 4 is 34.2 Å². The second-order valence-electron chi connectivity index (χ2n) is 9.44. The van der Waals surface area contributed by atoms with Gasteiger partial charge in [-0.15, -0.1) is 10.7 Å². The number of pyridine rings is 1. The van der Waals surface area contributed by atoms with Gasteiger partial charge in [0.1, 0.15) is 0 Å². The van der Waals surface area contributed by atoms with Gasteiger partial charge in [0.2, 0.25) is 0 Å². The molecule has 0 radical (unpaired) electrons. The molecule has 1 N–H and O–H groups in total. The van der Waals surface area contributed by atoms with E-state index in [1.165, 1.54) is 25.7 Å². The van der Waals surface area contributed by atoms with Gasteiger partial charge in [-0.25, -0.2) is 4.79 Å². The molecule has 1 aromatic rings. The Morgan fingerprint density at radius 1 is 1.21 bits per heavy atom. The van der Waals surface area contributed by atoms with E-state index < -0.39 is 0 Å². The topological polar surface area (TPSA) is 48.5 Å². The zero-order valence-electron chi connectivity index (χ0n) is 16.3. The molecule has 1 unspecified atom stereocenters. The third-order valence-corrected chi connectivity index (χ3v) is 8.86. The highest BCUT2D eigenvalue weighted by Crippen LogP contribution is 2.47. The van der Waals surface area contributed by atoms with Crippen molar-refractivity contribution in [2.45, 2.75) is 44.1 Å². The van der Waals surface area contributed by atoms with Gasteiger partial charge in [0.15, 0.2) is 0 Å². The van der Waals surface area contributed by atoms with Gasteiger partial charge in [-0.2, -0.15) is 0 Å². The highest BCUT2D eigenvalue weighted by Gasteiger charge is 2.52. The van der Waals surface area contributed by atoms with Crippen LogP contribution in [0.2, 0.25) is 5.02 Å². The van der Waals surface area contributed by atoms with Gasteiger partial charge in [0, 0.05) is 49.2 Å². The van der Waals surface area contributed by atoms with E-state index in [9.17, 15) is 4.79 Å². The molecule has 5 rings (SSSR count). The summed E-state index contributed by atoms with van der Waals surface area (Å²) < 4.78 is 3.60. The van der Waals surface area contributed by atoms with Crippen molar-refractivity contribution in [2.75, 3.05) is 31.9 Å². The summed E-state index contributed by atoms with van der Waals surface area (Å²) in [4.78, 5) is 21.3. The van der Waals surface area contributed by atoms with Crippen molar-refractivity contribution in [1.82, 2.24) is 19.5 Å². The number of urea groups is 1. The van der Waals surface area contributed by atoms with Gasteiger partial charge >= 0.3 is 6.03 Å². The van der Waals surface area contributed by atoms with Crippen molar-refractivity contribution in [1.29, 1.82) is 0 Å². The molecule has 28 heavy (non-hydrogen) atoms. The van der Waals surface area contributed by atoms with Crippen LogP contribution in [0.1, 0.15) is 37.8 Å². The maximum absolute atomic E-state index is 12.8. The summed E-state index contributed by atoms with van der Waals surface area (Å²) in [5, 5.41) is 0.703. The van der Waals surface area contributed by atoms with Crippen molar-refractivity contribution < 1.29 is 4.79 Å². The first kappa shape index (κ1) is 18.9. The van der Waals surface area contributed by atoms with Crippen LogP contribution in [0.4, 0.5) is 4.79 Å². The Balaban J connectivity index is 1.07. The van der Waals surface area contributed by atoms with E-state index in [2.05, 4.69) is 20.5 Å². The van der Waals surface area contributed by atoms with Crippen LogP contribution >= 0.6 is 22.3 Å². The van der Waals surface area contributed by atoms with Gasteiger partial charge in [-0.05, 0) is 56.6 Å². The molecule has 152 valence electrons. The summed E-state index contributed by atoms with van der Waals surface area (Å²) >= 11 is 5.93. The van der Waals surface area contributed by atoms with Crippen LogP contribution in [0.25, 0.3) is 0 Å². The molecule has 3 aliphatic heterocycles. The van der Waals surface area contributed by atoms with E-state index in [1.54, 1.807) is 6.20 Å². The fraction of sp³-hybridized carbons (Fsp3) is 0.667. The molecule has 2 spiro atoms. The number of nitrogens with one attached hydrogen (secondary N) is 1. The fourth-order valence-electron chi connectivity index (χ4n) is 5.50. The maximum atomic E-state index is 12.8. The van der Waals surface area contributed by atoms with Gasteiger partial charge in [0.05, 0.1) is 10.6 Å². The number of rotatable bonds is 2. The zero-order chi connectivity index (χ0) is 19.4. The molecule has 1 atom stereocenters. The van der Waals surface area contributed by atoms with Crippen molar-refractivity contribution in [3.05, 3.63) is 29.0 Å². The lowest BCUT2D eigenvalue weighted by atomic mass is 9.65. The van der Waals surface area contributed by atoms with Crippen molar-refractivity contribution in [3.63, 3.8) is 0 Å². The van der Waals surface area contributed by atoms with Gasteiger partial charge in [-0.3, -0.25) is 9.71 Å². The molecule has 4 heterocycles. The van der Waals surface area contributed by atoms with Gasteiger partial charge in [0.25, 0.3) is 0 Å². The molecule has 7 heteroatoms. The lowest BCUT2D eigenvalue weighted by Crippen LogP contribution is -2.72. The zero-order valence-corrected chi connectivity index (χ0v) is 17.9. The summed E-state index contributed by atoms with van der Waals surface area (Å²) in [6.45, 7) is 3.64. The molecule has 2 amide bonds. The molecule has 1 aromatic heterocycles. The normalized spacial score (nSPS) is 28.4. The van der Waals surface area contributed by atoms with E-state index in [1.807, 2.05) is 17.0 Å². The monoisotopic (exact) mass is 420 g/mol. The largest absolute Gasteiger partial charge is 0.323 e. The second-order valence-corrected chi connectivity index (χ2v) is 11.5. The van der Waals surface area contributed by atoms with Crippen LogP contribution < -0.4 is 4.72 Å². The summed E-state index contributed by atoms with van der Waals surface area (Å²) in [7, 11) is 0.0912. The van der Waals surface area contributed by atoms with Crippen LogP contribution in [0.15, 0.2) is 18.3 Å². The third-order valence-electron chi connectivity index (χ3n) is 7.22. The Kier molecular flexibility index (Phi) is 4.72. The number of aromatic nitrogens is 1. The number of hydrogen-bond donors (Lipinski definition) is 1. The van der Waals surface area contributed by atoms with E-state index >= 15 is 0 Å². The molecular formula is C21H29ClN4OS. The number of amides is 2. The lowest BCUT2D eigenvalue weighted by Gasteiger charge is -2.57. The van der Waals surface area contributed by atoms with E-state index in [-0.39, 0.29) is 22.2 Å². The Morgan fingerprint density at radius 2 is 1.93 bits per heavy atom. The standard InChI is InChI=1S/C21H29ClN4OS/c1-28-9-8-21(24-28)14-26(15-21)19(27)25-12-20(13-25)6-4-16(5-7-20)10-18-3-2-17(22)11-23-18/h2-3,11,16,24H,1,4-10,12-15H2. The van der Waals surface area contributed by atoms with Gasteiger partial charge in [-0.1, -0.05) is 17.5 Å². The number of halogens is 1. The molecular weight excluding hydrogens is 392 g/mol. The average molecular weight is 421 g/mol. The summed E-state index contributed by atoms with van der Waals surface area (Å²) in [6, 6.07) is 4.23. The summed E-state index contributed by atoms with van der Waals surface area (Å²) in [5.41, 5.74) is 1.71. The molecule has 1 aliphatic carbocycles. The Bertz CT molecular complexity index is 776.